The molecule has 0 aromatic carbocycles. The van der Waals surface area contributed by atoms with Crippen molar-refractivity contribution < 1.29 is 13.2 Å². The lowest BCUT2D eigenvalue weighted by Gasteiger charge is -2.40. The molecule has 0 spiro atoms. The van der Waals surface area contributed by atoms with Crippen LogP contribution in [0.1, 0.15) is 19.4 Å². The minimum absolute atomic E-state index is 0.0746. The summed E-state index contributed by atoms with van der Waals surface area (Å²) in [4.78, 5) is 6.63. The Hall–Kier alpha value is -0.740. The summed E-state index contributed by atoms with van der Waals surface area (Å²) >= 11 is 3.43. The van der Waals surface area contributed by atoms with Gasteiger partial charge in [-0.15, -0.1) is 0 Å². The van der Waals surface area contributed by atoms with Gasteiger partial charge in [-0.05, 0) is 48.3 Å². The highest BCUT2D eigenvalue weighted by molar-refractivity contribution is 9.10. The van der Waals surface area contributed by atoms with Gasteiger partial charge in [0.05, 0.1) is 12.2 Å². The molecule has 1 aromatic rings. The number of rotatable bonds is 3. The SMILES string of the molecule is Cc1cc(Br)cnc1N1CCN(S(=O)(=O)N2CC(C)OC(C)C2)CC1. The van der Waals surface area contributed by atoms with Gasteiger partial charge in [0.1, 0.15) is 5.82 Å². The van der Waals surface area contributed by atoms with Crippen LogP contribution in [0.15, 0.2) is 16.7 Å². The molecule has 2 fully saturated rings. The Morgan fingerprint density at radius 2 is 1.72 bits per heavy atom. The number of hydrogen-bond donors (Lipinski definition) is 0. The lowest BCUT2D eigenvalue weighted by Crippen LogP contribution is -2.57. The van der Waals surface area contributed by atoms with Crippen LogP contribution in [0.4, 0.5) is 5.82 Å². The number of halogens is 1. The van der Waals surface area contributed by atoms with Crippen LogP contribution in [0.25, 0.3) is 0 Å². The number of pyridine rings is 1. The third-order valence-corrected chi connectivity index (χ3v) is 7.00. The number of hydrogen-bond acceptors (Lipinski definition) is 5. The number of aromatic nitrogens is 1. The molecule has 0 N–H and O–H groups in total. The van der Waals surface area contributed by atoms with Crippen LogP contribution < -0.4 is 4.90 Å². The van der Waals surface area contributed by atoms with E-state index in [1.54, 1.807) is 14.8 Å². The molecule has 2 aliphatic heterocycles. The number of morpholine rings is 1. The van der Waals surface area contributed by atoms with Crippen molar-refractivity contribution in [3.05, 3.63) is 22.3 Å². The van der Waals surface area contributed by atoms with Gasteiger partial charge in [-0.25, -0.2) is 4.98 Å². The lowest BCUT2D eigenvalue weighted by atomic mass is 10.2. The molecule has 3 heterocycles. The van der Waals surface area contributed by atoms with E-state index in [9.17, 15) is 8.42 Å². The van der Waals surface area contributed by atoms with Crippen LogP contribution in [0.3, 0.4) is 0 Å². The van der Waals surface area contributed by atoms with Crippen molar-refractivity contribution in [2.75, 3.05) is 44.2 Å². The third-order valence-electron chi connectivity index (χ3n) is 4.59. The molecule has 25 heavy (non-hydrogen) atoms. The van der Waals surface area contributed by atoms with Crippen molar-refractivity contribution in [3.63, 3.8) is 0 Å². The topological polar surface area (TPSA) is 66.0 Å². The molecule has 0 radical (unpaired) electrons. The molecule has 0 saturated carbocycles. The Morgan fingerprint density at radius 1 is 1.12 bits per heavy atom. The molecule has 3 rings (SSSR count). The molecule has 140 valence electrons. The highest BCUT2D eigenvalue weighted by Gasteiger charge is 2.36. The summed E-state index contributed by atoms with van der Waals surface area (Å²) in [5.74, 6) is 0.925. The van der Waals surface area contributed by atoms with Crippen molar-refractivity contribution in [1.29, 1.82) is 0 Å². The van der Waals surface area contributed by atoms with Crippen molar-refractivity contribution in [3.8, 4) is 0 Å². The highest BCUT2D eigenvalue weighted by Crippen LogP contribution is 2.24. The first-order valence-corrected chi connectivity index (χ1v) is 10.7. The lowest BCUT2D eigenvalue weighted by molar-refractivity contribution is -0.0455. The van der Waals surface area contributed by atoms with Crippen molar-refractivity contribution >= 4 is 32.0 Å². The van der Waals surface area contributed by atoms with Gasteiger partial charge in [0.15, 0.2) is 0 Å². The quantitative estimate of drug-likeness (QED) is 0.725. The summed E-state index contributed by atoms with van der Waals surface area (Å²) in [6, 6.07) is 2.03. The molecule has 2 aliphatic rings. The van der Waals surface area contributed by atoms with Crippen LogP contribution in [0.2, 0.25) is 0 Å². The van der Waals surface area contributed by atoms with Crippen LogP contribution >= 0.6 is 15.9 Å². The van der Waals surface area contributed by atoms with E-state index < -0.39 is 10.2 Å². The molecule has 2 saturated heterocycles. The number of nitrogens with zero attached hydrogens (tertiary/aromatic N) is 4. The summed E-state index contributed by atoms with van der Waals surface area (Å²) < 4.78 is 35.6. The zero-order valence-corrected chi connectivity index (χ0v) is 17.3. The first kappa shape index (κ1) is 19.0. The normalized spacial score (nSPS) is 26.8. The van der Waals surface area contributed by atoms with Gasteiger partial charge in [-0.3, -0.25) is 0 Å². The maximum absolute atomic E-state index is 12.9. The fourth-order valence-corrected chi connectivity index (χ4v) is 5.67. The van der Waals surface area contributed by atoms with Gasteiger partial charge in [0.2, 0.25) is 0 Å². The predicted molar refractivity (Wildman–Crippen MR) is 101 cm³/mol. The van der Waals surface area contributed by atoms with E-state index in [4.69, 9.17) is 4.74 Å². The Kier molecular flexibility index (Phi) is 5.69. The summed E-state index contributed by atoms with van der Waals surface area (Å²) in [5.41, 5.74) is 1.08. The van der Waals surface area contributed by atoms with E-state index in [1.807, 2.05) is 26.8 Å². The Labute approximate surface area is 158 Å². The van der Waals surface area contributed by atoms with Gasteiger partial charge in [0, 0.05) is 49.9 Å². The monoisotopic (exact) mass is 432 g/mol. The first-order chi connectivity index (χ1) is 11.8. The predicted octanol–water partition coefficient (Wildman–Crippen LogP) is 1.63. The second-order valence-electron chi connectivity index (χ2n) is 6.76. The summed E-state index contributed by atoms with van der Waals surface area (Å²) in [5, 5.41) is 0. The molecular weight excluding hydrogens is 408 g/mol. The van der Waals surface area contributed by atoms with Gasteiger partial charge in [-0.2, -0.15) is 17.0 Å². The number of ether oxygens (including phenoxy) is 1. The summed E-state index contributed by atoms with van der Waals surface area (Å²) in [6.45, 7) is 8.91. The Balaban J connectivity index is 1.67. The fraction of sp³-hybridized carbons (Fsp3) is 0.688. The zero-order chi connectivity index (χ0) is 18.2. The number of aryl methyl sites for hydroxylation is 1. The average Bonchev–Trinajstić information content (AvgIpc) is 2.54. The number of anilines is 1. The van der Waals surface area contributed by atoms with Crippen molar-refractivity contribution in [2.24, 2.45) is 0 Å². The Morgan fingerprint density at radius 3 is 2.28 bits per heavy atom. The molecular formula is C16H25BrN4O3S. The van der Waals surface area contributed by atoms with Crippen LogP contribution in [0.5, 0.6) is 0 Å². The number of piperazine rings is 1. The van der Waals surface area contributed by atoms with E-state index >= 15 is 0 Å². The molecule has 1 aromatic heterocycles. The van der Waals surface area contributed by atoms with Crippen LogP contribution in [-0.2, 0) is 14.9 Å². The van der Waals surface area contributed by atoms with Crippen LogP contribution in [0, 0.1) is 6.92 Å². The Bertz CT molecular complexity index is 712. The van der Waals surface area contributed by atoms with Crippen molar-refractivity contribution in [1.82, 2.24) is 13.6 Å². The second-order valence-corrected chi connectivity index (χ2v) is 9.61. The maximum Gasteiger partial charge on any atom is 0.282 e. The van der Waals surface area contributed by atoms with Gasteiger partial charge < -0.3 is 9.64 Å². The summed E-state index contributed by atoms with van der Waals surface area (Å²) in [6.07, 6.45) is 1.63. The van der Waals surface area contributed by atoms with E-state index in [2.05, 4.69) is 25.8 Å². The second kappa shape index (κ2) is 7.48. The first-order valence-electron chi connectivity index (χ1n) is 8.55. The smallest absolute Gasteiger partial charge is 0.282 e. The minimum atomic E-state index is -3.44. The maximum atomic E-state index is 12.9. The third kappa shape index (κ3) is 4.16. The average molecular weight is 433 g/mol. The molecule has 7 nitrogen and oxygen atoms in total. The van der Waals surface area contributed by atoms with Crippen LogP contribution in [-0.4, -0.2) is 73.5 Å². The molecule has 0 amide bonds. The molecule has 0 aliphatic carbocycles. The minimum Gasteiger partial charge on any atom is -0.373 e. The highest BCUT2D eigenvalue weighted by atomic mass is 79.9. The van der Waals surface area contributed by atoms with Gasteiger partial charge in [-0.1, -0.05) is 0 Å². The standard InChI is InChI=1S/C16H25BrN4O3S/c1-12-8-15(17)9-18-16(12)19-4-6-20(7-5-19)25(22,23)21-10-13(2)24-14(3)11-21/h8-9,13-14H,4-7,10-11H2,1-3H3. The largest absolute Gasteiger partial charge is 0.373 e. The van der Waals surface area contributed by atoms with Gasteiger partial charge in [0.25, 0.3) is 10.2 Å². The molecule has 2 atom stereocenters. The van der Waals surface area contributed by atoms with E-state index in [0.717, 1.165) is 15.9 Å². The molecule has 9 heteroatoms. The molecule has 0 bridgehead atoms. The summed E-state index contributed by atoms with van der Waals surface area (Å²) in [7, 11) is -3.44. The van der Waals surface area contributed by atoms with Gasteiger partial charge >= 0.3 is 0 Å². The zero-order valence-electron chi connectivity index (χ0n) is 14.9. The van der Waals surface area contributed by atoms with E-state index in [1.165, 1.54) is 0 Å². The molecule has 2 unspecified atom stereocenters. The fourth-order valence-electron chi connectivity index (χ4n) is 3.48. The van der Waals surface area contributed by atoms with E-state index in [0.29, 0.717) is 39.3 Å². The van der Waals surface area contributed by atoms with E-state index in [-0.39, 0.29) is 12.2 Å². The van der Waals surface area contributed by atoms with Crippen molar-refractivity contribution in [2.45, 2.75) is 33.0 Å².